The van der Waals surface area contributed by atoms with Gasteiger partial charge in [0.25, 0.3) is 0 Å². The first-order valence-corrected chi connectivity index (χ1v) is 5.33. The Hall–Kier alpha value is -1.58. The third-order valence-corrected chi connectivity index (χ3v) is 2.61. The van der Waals surface area contributed by atoms with Crippen LogP contribution in [0.2, 0.25) is 0 Å². The van der Waals surface area contributed by atoms with Gasteiger partial charge in [-0.2, -0.15) is 9.61 Å². The van der Waals surface area contributed by atoms with Gasteiger partial charge in [-0.3, -0.25) is 0 Å². The number of nitrogens with zero attached hydrogens (tertiary/aromatic N) is 3. The van der Waals surface area contributed by atoms with E-state index in [2.05, 4.69) is 21.5 Å². The van der Waals surface area contributed by atoms with Crippen LogP contribution in [-0.2, 0) is 0 Å². The minimum atomic E-state index is 0.638. The van der Waals surface area contributed by atoms with E-state index < -0.39 is 0 Å². The maximum absolute atomic E-state index is 4.45. The van der Waals surface area contributed by atoms with Gasteiger partial charge in [0, 0.05) is 23.9 Å². The van der Waals surface area contributed by atoms with E-state index >= 15 is 0 Å². The fourth-order valence-electron chi connectivity index (χ4n) is 1.75. The van der Waals surface area contributed by atoms with Crippen LogP contribution in [-0.4, -0.2) is 20.6 Å². The van der Waals surface area contributed by atoms with Crippen molar-refractivity contribution in [3.05, 3.63) is 23.5 Å². The van der Waals surface area contributed by atoms with Gasteiger partial charge in [0.2, 0.25) is 0 Å². The standard InChI is InChI=1S/C11H14N4/c1-7-5-11(13-9-3-4-9)15-10(12-7)6-8(2)14-15/h5-6,9,13H,3-4H2,1-2H3. The zero-order chi connectivity index (χ0) is 10.4. The summed E-state index contributed by atoms with van der Waals surface area (Å²) in [4.78, 5) is 4.45. The maximum Gasteiger partial charge on any atom is 0.157 e. The quantitative estimate of drug-likeness (QED) is 0.809. The molecule has 0 aliphatic heterocycles. The Bertz CT molecular complexity index is 511. The van der Waals surface area contributed by atoms with Crippen LogP contribution in [0.25, 0.3) is 5.65 Å². The number of hydrogen-bond acceptors (Lipinski definition) is 3. The van der Waals surface area contributed by atoms with E-state index in [9.17, 15) is 0 Å². The molecule has 1 N–H and O–H groups in total. The third-order valence-electron chi connectivity index (χ3n) is 2.61. The van der Waals surface area contributed by atoms with Crippen molar-refractivity contribution in [2.75, 3.05) is 5.32 Å². The molecule has 0 saturated heterocycles. The van der Waals surface area contributed by atoms with Crippen molar-refractivity contribution >= 4 is 11.5 Å². The molecule has 1 fully saturated rings. The molecule has 1 aliphatic carbocycles. The summed E-state index contributed by atoms with van der Waals surface area (Å²) in [6.07, 6.45) is 2.53. The molecule has 2 aromatic rings. The van der Waals surface area contributed by atoms with Crippen LogP contribution >= 0.6 is 0 Å². The molecule has 78 valence electrons. The Kier molecular flexibility index (Phi) is 1.71. The second kappa shape index (κ2) is 2.95. The summed E-state index contributed by atoms with van der Waals surface area (Å²) in [6.45, 7) is 4.01. The highest BCUT2D eigenvalue weighted by Gasteiger charge is 2.22. The second-order valence-corrected chi connectivity index (χ2v) is 4.26. The molecular weight excluding hydrogens is 188 g/mol. The highest BCUT2D eigenvalue weighted by Crippen LogP contribution is 2.25. The van der Waals surface area contributed by atoms with Crippen LogP contribution < -0.4 is 5.32 Å². The molecular formula is C11H14N4. The Morgan fingerprint density at radius 3 is 2.80 bits per heavy atom. The van der Waals surface area contributed by atoms with Gasteiger partial charge in [0.05, 0.1) is 5.69 Å². The van der Waals surface area contributed by atoms with Gasteiger partial charge >= 0.3 is 0 Å². The van der Waals surface area contributed by atoms with E-state index in [4.69, 9.17) is 0 Å². The Balaban J connectivity index is 2.15. The fraction of sp³-hybridized carbons (Fsp3) is 0.455. The van der Waals surface area contributed by atoms with Crippen molar-refractivity contribution in [3.8, 4) is 0 Å². The van der Waals surface area contributed by atoms with Gasteiger partial charge in [-0.05, 0) is 26.7 Å². The molecule has 0 spiro atoms. The predicted molar refractivity (Wildman–Crippen MR) is 59.1 cm³/mol. The van der Waals surface area contributed by atoms with Crippen LogP contribution in [0.15, 0.2) is 12.1 Å². The maximum atomic E-state index is 4.45. The molecule has 2 heterocycles. The highest BCUT2D eigenvalue weighted by molar-refractivity contribution is 5.51. The number of aromatic nitrogens is 3. The smallest absolute Gasteiger partial charge is 0.157 e. The van der Waals surface area contributed by atoms with E-state index in [0.717, 1.165) is 22.9 Å². The second-order valence-electron chi connectivity index (χ2n) is 4.26. The van der Waals surface area contributed by atoms with Crippen molar-refractivity contribution in [1.82, 2.24) is 14.6 Å². The molecule has 0 unspecified atom stereocenters. The van der Waals surface area contributed by atoms with Gasteiger partial charge in [-0.25, -0.2) is 4.98 Å². The van der Waals surface area contributed by atoms with E-state index in [0.29, 0.717) is 6.04 Å². The summed E-state index contributed by atoms with van der Waals surface area (Å²) >= 11 is 0. The van der Waals surface area contributed by atoms with Crippen LogP contribution in [0, 0.1) is 13.8 Å². The number of nitrogens with one attached hydrogen (secondary N) is 1. The van der Waals surface area contributed by atoms with Crippen molar-refractivity contribution in [2.45, 2.75) is 32.7 Å². The van der Waals surface area contributed by atoms with Crippen LogP contribution in [0.5, 0.6) is 0 Å². The van der Waals surface area contributed by atoms with Crippen molar-refractivity contribution < 1.29 is 0 Å². The van der Waals surface area contributed by atoms with Gasteiger partial charge in [-0.15, -0.1) is 0 Å². The molecule has 1 saturated carbocycles. The third kappa shape index (κ3) is 1.56. The number of fused-ring (bicyclic) bond motifs is 1. The number of rotatable bonds is 2. The van der Waals surface area contributed by atoms with Crippen LogP contribution in [0.1, 0.15) is 24.2 Å². The zero-order valence-electron chi connectivity index (χ0n) is 8.99. The van der Waals surface area contributed by atoms with Gasteiger partial charge in [-0.1, -0.05) is 0 Å². The number of anilines is 1. The molecule has 0 radical (unpaired) electrons. The molecule has 1 aliphatic rings. The lowest BCUT2D eigenvalue weighted by atomic mass is 10.4. The monoisotopic (exact) mass is 202 g/mol. The van der Waals surface area contributed by atoms with E-state index in [1.54, 1.807) is 0 Å². The fourth-order valence-corrected chi connectivity index (χ4v) is 1.75. The highest BCUT2D eigenvalue weighted by atomic mass is 15.3. The number of hydrogen-bond donors (Lipinski definition) is 1. The molecule has 4 heteroatoms. The summed E-state index contributed by atoms with van der Waals surface area (Å²) < 4.78 is 1.89. The van der Waals surface area contributed by atoms with Gasteiger partial charge in [0.1, 0.15) is 5.82 Å². The normalized spacial score (nSPS) is 15.9. The largest absolute Gasteiger partial charge is 0.367 e. The lowest BCUT2D eigenvalue weighted by molar-refractivity contribution is 0.899. The summed E-state index contributed by atoms with van der Waals surface area (Å²) in [5.74, 6) is 1.06. The Morgan fingerprint density at radius 1 is 1.27 bits per heavy atom. The number of aryl methyl sites for hydroxylation is 2. The SMILES string of the molecule is Cc1cc(NC2CC2)n2nc(C)cc2n1. The molecule has 4 nitrogen and oxygen atoms in total. The average molecular weight is 202 g/mol. The first kappa shape index (κ1) is 8.71. The Morgan fingerprint density at radius 2 is 2.07 bits per heavy atom. The predicted octanol–water partition coefficient (Wildman–Crippen LogP) is 1.92. The molecule has 0 bridgehead atoms. The van der Waals surface area contributed by atoms with Crippen molar-refractivity contribution in [2.24, 2.45) is 0 Å². The average Bonchev–Trinajstić information content (AvgIpc) is 2.87. The van der Waals surface area contributed by atoms with E-state index in [-0.39, 0.29) is 0 Å². The first-order valence-electron chi connectivity index (χ1n) is 5.33. The minimum Gasteiger partial charge on any atom is -0.367 e. The molecule has 3 rings (SSSR count). The summed E-state index contributed by atoms with van der Waals surface area (Å²) in [6, 6.07) is 4.70. The molecule has 0 atom stereocenters. The zero-order valence-corrected chi connectivity index (χ0v) is 8.99. The van der Waals surface area contributed by atoms with Crippen molar-refractivity contribution in [3.63, 3.8) is 0 Å². The minimum absolute atomic E-state index is 0.638. The van der Waals surface area contributed by atoms with Crippen molar-refractivity contribution in [1.29, 1.82) is 0 Å². The molecule has 0 amide bonds. The van der Waals surface area contributed by atoms with E-state index in [1.807, 2.05) is 24.4 Å². The van der Waals surface area contributed by atoms with Gasteiger partial charge < -0.3 is 5.32 Å². The first-order chi connectivity index (χ1) is 7.22. The van der Waals surface area contributed by atoms with Crippen LogP contribution in [0.3, 0.4) is 0 Å². The lowest BCUT2D eigenvalue weighted by Gasteiger charge is -2.07. The summed E-state index contributed by atoms with van der Waals surface area (Å²) in [7, 11) is 0. The van der Waals surface area contributed by atoms with Gasteiger partial charge in [0.15, 0.2) is 5.65 Å². The molecule has 15 heavy (non-hydrogen) atoms. The molecule has 2 aromatic heterocycles. The Labute approximate surface area is 88.3 Å². The summed E-state index contributed by atoms with van der Waals surface area (Å²) in [5.41, 5.74) is 2.97. The molecule has 0 aromatic carbocycles. The van der Waals surface area contributed by atoms with E-state index in [1.165, 1.54) is 12.8 Å². The lowest BCUT2D eigenvalue weighted by Crippen LogP contribution is -2.08. The topological polar surface area (TPSA) is 42.2 Å². The summed E-state index contributed by atoms with van der Waals surface area (Å²) in [5, 5.41) is 7.90. The van der Waals surface area contributed by atoms with Crippen LogP contribution in [0.4, 0.5) is 5.82 Å².